The molecule has 6 N–H and O–H groups in total. The highest BCUT2D eigenvalue weighted by molar-refractivity contribution is 6.37. The summed E-state index contributed by atoms with van der Waals surface area (Å²) >= 11 is 13.7. The number of H-pyrrole nitrogens is 1. The Kier molecular flexibility index (Phi) is 7.94. The number of amides is 3. The Morgan fingerprint density at radius 3 is 2.53 bits per heavy atom. The van der Waals surface area contributed by atoms with Crippen molar-refractivity contribution in [3.63, 3.8) is 0 Å². The van der Waals surface area contributed by atoms with Gasteiger partial charge < -0.3 is 40.0 Å². The normalized spacial score (nSPS) is 20.3. The van der Waals surface area contributed by atoms with E-state index in [0.29, 0.717) is 44.4 Å². The fourth-order valence-corrected chi connectivity index (χ4v) is 8.52. The molecule has 6 aromatic rings. The summed E-state index contributed by atoms with van der Waals surface area (Å²) in [5.74, 6) is -2.84. The molecule has 3 aromatic heterocycles. The molecule has 0 saturated carbocycles. The Hall–Kier alpha value is -5.63. The smallest absolute Gasteiger partial charge is 0.250 e. The first-order valence-corrected chi connectivity index (χ1v) is 18.6. The van der Waals surface area contributed by atoms with E-state index >= 15 is 4.79 Å². The summed E-state index contributed by atoms with van der Waals surface area (Å²) in [4.78, 5) is 55.3. The van der Waals surface area contributed by atoms with Crippen molar-refractivity contribution in [2.75, 3.05) is 5.32 Å². The van der Waals surface area contributed by atoms with Gasteiger partial charge in [-0.3, -0.25) is 14.4 Å². The maximum absolute atomic E-state index is 15.2. The van der Waals surface area contributed by atoms with Gasteiger partial charge in [0.25, 0.3) is 5.89 Å². The van der Waals surface area contributed by atoms with Gasteiger partial charge in [-0.2, -0.15) is 4.98 Å². The maximum atomic E-state index is 15.2. The summed E-state index contributed by atoms with van der Waals surface area (Å²) in [5, 5.41) is 32.2. The van der Waals surface area contributed by atoms with Gasteiger partial charge in [0, 0.05) is 34.0 Å². The van der Waals surface area contributed by atoms with Gasteiger partial charge in [0.05, 0.1) is 11.3 Å². The molecule has 6 heterocycles. The van der Waals surface area contributed by atoms with Crippen LogP contribution in [-0.4, -0.2) is 55.0 Å². The third kappa shape index (κ3) is 5.06. The lowest BCUT2D eigenvalue weighted by atomic mass is 9.71. The van der Waals surface area contributed by atoms with E-state index in [1.54, 1.807) is 32.0 Å². The van der Waals surface area contributed by atoms with E-state index in [9.17, 15) is 19.8 Å². The van der Waals surface area contributed by atoms with Crippen molar-refractivity contribution < 1.29 is 33.4 Å². The summed E-state index contributed by atoms with van der Waals surface area (Å²) in [6.45, 7) is 7.08. The molecule has 10 bridgehead atoms. The summed E-state index contributed by atoms with van der Waals surface area (Å²) in [7, 11) is 0. The van der Waals surface area contributed by atoms with Gasteiger partial charge >= 0.3 is 0 Å². The summed E-state index contributed by atoms with van der Waals surface area (Å²) in [6.07, 6.45) is -1.43. The van der Waals surface area contributed by atoms with Crippen LogP contribution >= 0.6 is 23.2 Å². The zero-order chi connectivity index (χ0) is 38.7. The minimum Gasteiger partial charge on any atom is -0.508 e. The van der Waals surface area contributed by atoms with Crippen molar-refractivity contribution in [3.8, 4) is 39.8 Å². The number of phenols is 1. The molecule has 3 aliphatic heterocycles. The number of anilines is 1. The summed E-state index contributed by atoms with van der Waals surface area (Å²) < 4.78 is 13.2. The lowest BCUT2D eigenvalue weighted by molar-refractivity contribution is -0.135. The minimum atomic E-state index is -1.91. The number of nitrogens with one attached hydrogen (secondary N) is 4. The SMILES string of the molecule is CC(C)[C@H](O)C(=O)N[C@H]1Cc2ccc(O)c(c2)[C@@]23C(=O)Nc4c(cccc42)-c2cccc4[nH]c(Cl)c(c24)-c2oc(nc2Cl)-c2nc(oc23)[C@@H](C(C)C)NC1=O. The largest absolute Gasteiger partial charge is 0.508 e. The van der Waals surface area contributed by atoms with Crippen LogP contribution in [0.3, 0.4) is 0 Å². The number of aliphatic hydroxyl groups is 1. The molecule has 280 valence electrons. The number of aromatic hydroxyl groups is 1. The number of rotatable bonds is 4. The van der Waals surface area contributed by atoms with Crippen LogP contribution in [0.25, 0.3) is 44.9 Å². The third-order valence-electron chi connectivity index (χ3n) is 10.8. The molecule has 1 spiro atoms. The lowest BCUT2D eigenvalue weighted by Gasteiger charge is -2.30. The molecule has 0 fully saturated rings. The number of carbonyl (C=O) groups excluding carboxylic acids is 3. The number of aromatic nitrogens is 3. The van der Waals surface area contributed by atoms with Gasteiger partial charge in [0.1, 0.15) is 29.1 Å². The predicted octanol–water partition coefficient (Wildman–Crippen LogP) is 6.63. The molecule has 0 unspecified atom stereocenters. The van der Waals surface area contributed by atoms with Crippen LogP contribution < -0.4 is 16.0 Å². The van der Waals surface area contributed by atoms with Crippen molar-refractivity contribution in [2.45, 2.75) is 57.7 Å². The second-order valence-corrected chi connectivity index (χ2v) is 15.6. The average molecular weight is 782 g/mol. The number of benzene rings is 3. The van der Waals surface area contributed by atoms with Gasteiger partial charge in [0.2, 0.25) is 23.6 Å². The number of halogens is 2. The molecule has 9 rings (SSSR count). The minimum absolute atomic E-state index is 0.00201. The number of para-hydroxylation sites is 1. The first-order chi connectivity index (χ1) is 26.3. The van der Waals surface area contributed by atoms with Gasteiger partial charge in [-0.1, -0.05) is 93.4 Å². The van der Waals surface area contributed by atoms with Crippen LogP contribution in [0.2, 0.25) is 10.3 Å². The Morgan fingerprint density at radius 1 is 1.00 bits per heavy atom. The number of hydrogen-bond acceptors (Lipinski definition) is 9. The van der Waals surface area contributed by atoms with E-state index in [1.807, 2.05) is 44.2 Å². The monoisotopic (exact) mass is 780 g/mol. The first-order valence-electron chi connectivity index (χ1n) is 17.8. The van der Waals surface area contributed by atoms with Crippen molar-refractivity contribution in [3.05, 3.63) is 93.2 Å². The number of fused-ring (bicyclic) bond motifs is 8. The molecule has 0 saturated heterocycles. The number of oxazole rings is 2. The first kappa shape index (κ1) is 35.1. The second-order valence-electron chi connectivity index (χ2n) is 14.9. The zero-order valence-electron chi connectivity index (χ0n) is 29.9. The standard InChI is InChI=1S/C40H34Cl2N6O7/c1-15(2)27-37-46-29-32(55-37)40(21-13-17(11-12-24(21)49)14-23(35(51)45-27)44-36(52)30(50)16(3)4)20-9-5-8-19(28(20)47-39(40)53)18-7-6-10-22-25(18)26(33(41)43-22)31-34(42)48-38(29)54-31/h5-13,15-16,23,27,30,43,49-50H,14H2,1-4H3,(H,44,52)(H,45,51)(H,47,53)/t23-,27+,30-,40-/m0/s1. The van der Waals surface area contributed by atoms with Gasteiger partial charge in [-0.25, -0.2) is 4.98 Å². The van der Waals surface area contributed by atoms with E-state index in [-0.39, 0.29) is 63.0 Å². The predicted molar refractivity (Wildman–Crippen MR) is 204 cm³/mol. The van der Waals surface area contributed by atoms with Gasteiger partial charge in [-0.15, -0.1) is 0 Å². The summed E-state index contributed by atoms with van der Waals surface area (Å²) in [5.41, 5.74) is 2.09. The topological polar surface area (TPSA) is 196 Å². The molecule has 55 heavy (non-hydrogen) atoms. The van der Waals surface area contributed by atoms with E-state index in [1.165, 1.54) is 6.07 Å². The van der Waals surface area contributed by atoms with Gasteiger partial charge in [0.15, 0.2) is 27.8 Å². The number of phenolic OH excluding ortho intramolecular Hbond substituents is 1. The molecule has 0 aliphatic carbocycles. The number of aromatic amines is 1. The van der Waals surface area contributed by atoms with Crippen molar-refractivity contribution in [1.82, 2.24) is 25.6 Å². The van der Waals surface area contributed by atoms with Crippen molar-refractivity contribution >= 4 is 57.5 Å². The Bertz CT molecular complexity index is 2630. The highest BCUT2D eigenvalue weighted by Gasteiger charge is 2.57. The van der Waals surface area contributed by atoms with Crippen LogP contribution in [0.4, 0.5) is 5.69 Å². The Labute approximate surface area is 323 Å². The van der Waals surface area contributed by atoms with E-state index in [0.717, 1.165) is 0 Å². The molecule has 3 aliphatic rings. The number of hydrogen-bond donors (Lipinski definition) is 6. The molecule has 3 amide bonds. The Morgan fingerprint density at radius 2 is 1.76 bits per heavy atom. The van der Waals surface area contributed by atoms with Crippen LogP contribution in [0, 0.1) is 11.8 Å². The molecular weight excluding hydrogens is 747 g/mol. The third-order valence-corrected chi connectivity index (χ3v) is 11.3. The number of aliphatic hydroxyl groups excluding tert-OH is 1. The molecule has 3 aromatic carbocycles. The lowest BCUT2D eigenvalue weighted by Crippen LogP contribution is -2.52. The molecule has 0 radical (unpaired) electrons. The maximum Gasteiger partial charge on any atom is 0.250 e. The van der Waals surface area contributed by atoms with E-state index in [2.05, 4.69) is 25.9 Å². The van der Waals surface area contributed by atoms with Crippen LogP contribution in [-0.2, 0) is 26.2 Å². The van der Waals surface area contributed by atoms with Crippen LogP contribution in [0.15, 0.2) is 63.4 Å². The zero-order valence-corrected chi connectivity index (χ0v) is 31.4. The highest BCUT2D eigenvalue weighted by atomic mass is 35.5. The Balaban J connectivity index is 1.40. The number of carbonyl (C=O) groups is 3. The fourth-order valence-electron chi connectivity index (χ4n) is 8.03. The van der Waals surface area contributed by atoms with Crippen LogP contribution in [0.1, 0.15) is 62.1 Å². The molecule has 15 heteroatoms. The summed E-state index contributed by atoms with van der Waals surface area (Å²) in [6, 6.07) is 13.7. The van der Waals surface area contributed by atoms with Crippen LogP contribution in [0.5, 0.6) is 5.75 Å². The second kappa shape index (κ2) is 12.4. The molecular formula is C40H34Cl2N6O7. The highest BCUT2D eigenvalue weighted by Crippen LogP contribution is 2.57. The quantitative estimate of drug-likeness (QED) is 0.114. The molecule has 4 atom stereocenters. The molecule has 13 nitrogen and oxygen atoms in total. The average Bonchev–Trinajstić information content (AvgIpc) is 3.90. The van der Waals surface area contributed by atoms with E-state index in [4.69, 9.17) is 37.0 Å². The van der Waals surface area contributed by atoms with Crippen molar-refractivity contribution in [1.29, 1.82) is 0 Å². The van der Waals surface area contributed by atoms with E-state index < -0.39 is 47.2 Å². The van der Waals surface area contributed by atoms with Crippen molar-refractivity contribution in [2.24, 2.45) is 11.8 Å². The fraction of sp³-hybridized carbons (Fsp3) is 0.275. The number of nitrogens with zero attached hydrogens (tertiary/aromatic N) is 2. The van der Waals surface area contributed by atoms with Gasteiger partial charge in [-0.05, 0) is 35.1 Å².